The Morgan fingerprint density at radius 2 is 1.56 bits per heavy atom. The number of ether oxygens (including phenoxy) is 2. The maximum Gasteiger partial charge on any atom is 0.271 e. The van der Waals surface area contributed by atoms with E-state index >= 15 is 0 Å². The number of amides is 1. The van der Waals surface area contributed by atoms with Crippen LogP contribution in [0.4, 0.5) is 0 Å². The molecule has 6 heteroatoms. The Balaban J connectivity index is 1.34. The predicted octanol–water partition coefficient (Wildman–Crippen LogP) is 5.21. The van der Waals surface area contributed by atoms with Crippen LogP contribution in [0.1, 0.15) is 54.1 Å². The summed E-state index contributed by atoms with van der Waals surface area (Å²) in [4.78, 5) is 15.8. The van der Waals surface area contributed by atoms with E-state index in [-0.39, 0.29) is 5.91 Å². The molecule has 0 unspecified atom stereocenters. The summed E-state index contributed by atoms with van der Waals surface area (Å²) < 4.78 is 11.6. The molecule has 3 aromatic rings. The quantitative estimate of drug-likeness (QED) is 0.257. The Kier molecular flexibility index (Phi) is 8.80. The van der Waals surface area contributed by atoms with Crippen molar-refractivity contribution in [2.24, 2.45) is 5.10 Å². The molecule has 2 aromatic carbocycles. The van der Waals surface area contributed by atoms with E-state index in [4.69, 9.17) is 9.47 Å². The van der Waals surface area contributed by atoms with Crippen LogP contribution in [0.2, 0.25) is 0 Å². The summed E-state index contributed by atoms with van der Waals surface area (Å²) in [5, 5.41) is 3.98. The first-order chi connectivity index (χ1) is 15.7. The molecule has 0 fully saturated rings. The zero-order chi connectivity index (χ0) is 22.6. The van der Waals surface area contributed by atoms with Gasteiger partial charge in [0.2, 0.25) is 0 Å². The molecule has 3 rings (SSSR count). The second kappa shape index (κ2) is 12.2. The van der Waals surface area contributed by atoms with E-state index in [1.807, 2.05) is 36.4 Å². The number of pyridine rings is 1. The second-order valence-electron chi connectivity index (χ2n) is 7.43. The largest absolute Gasteiger partial charge is 0.493 e. The summed E-state index contributed by atoms with van der Waals surface area (Å²) in [7, 11) is 0. The first kappa shape index (κ1) is 23.0. The number of rotatable bonds is 11. The highest BCUT2D eigenvalue weighted by Crippen LogP contribution is 2.21. The molecule has 0 spiro atoms. The number of aromatic nitrogens is 1. The van der Waals surface area contributed by atoms with Gasteiger partial charge in [0.25, 0.3) is 5.91 Å². The zero-order valence-electron chi connectivity index (χ0n) is 18.5. The van der Waals surface area contributed by atoms with Gasteiger partial charge >= 0.3 is 0 Å². The molecule has 0 radical (unpaired) electrons. The predicted molar refractivity (Wildman–Crippen MR) is 126 cm³/mol. The van der Waals surface area contributed by atoms with Gasteiger partial charge in [0, 0.05) is 24.4 Å². The SMILES string of the molecule is CC[C@H](C)c1ccc(OCCCOc2ccc(/C=N\NC(=O)c3ccncc3)cc2)cc1. The summed E-state index contributed by atoms with van der Waals surface area (Å²) in [5.41, 5.74) is 5.20. The lowest BCUT2D eigenvalue weighted by atomic mass is 9.99. The standard InChI is InChI=1S/C26H29N3O3/c1-3-20(2)22-7-11-25(12-8-22)32-18-4-17-31-24-9-5-21(6-10-24)19-28-29-26(30)23-13-15-27-16-14-23/h5-16,19-20H,3-4,17-18H2,1-2H3,(H,29,30)/b28-19-/t20-/m0/s1. The van der Waals surface area contributed by atoms with Crippen LogP contribution in [0.25, 0.3) is 0 Å². The third-order valence-electron chi connectivity index (χ3n) is 5.09. The Morgan fingerprint density at radius 3 is 2.16 bits per heavy atom. The summed E-state index contributed by atoms with van der Waals surface area (Å²) in [5.74, 6) is 1.95. The smallest absolute Gasteiger partial charge is 0.271 e. The van der Waals surface area contributed by atoms with Crippen molar-refractivity contribution in [3.8, 4) is 11.5 Å². The van der Waals surface area contributed by atoms with Crippen molar-refractivity contribution < 1.29 is 14.3 Å². The van der Waals surface area contributed by atoms with E-state index in [2.05, 4.69) is 41.5 Å². The van der Waals surface area contributed by atoms with Gasteiger partial charge in [-0.2, -0.15) is 5.10 Å². The van der Waals surface area contributed by atoms with Crippen molar-refractivity contribution >= 4 is 12.1 Å². The summed E-state index contributed by atoms with van der Waals surface area (Å²) in [6.45, 7) is 5.60. The third kappa shape index (κ3) is 7.23. The van der Waals surface area contributed by atoms with E-state index in [1.165, 1.54) is 5.56 Å². The minimum atomic E-state index is -0.280. The third-order valence-corrected chi connectivity index (χ3v) is 5.09. The molecule has 32 heavy (non-hydrogen) atoms. The molecule has 1 amide bonds. The summed E-state index contributed by atoms with van der Waals surface area (Å²) >= 11 is 0. The molecule has 0 saturated heterocycles. The number of hydrazone groups is 1. The van der Waals surface area contributed by atoms with Crippen LogP contribution in [0.3, 0.4) is 0 Å². The van der Waals surface area contributed by atoms with Crippen LogP contribution in [0.15, 0.2) is 78.2 Å². The van der Waals surface area contributed by atoms with Gasteiger partial charge in [0.05, 0.1) is 19.4 Å². The first-order valence-corrected chi connectivity index (χ1v) is 10.8. The van der Waals surface area contributed by atoms with Gasteiger partial charge < -0.3 is 9.47 Å². The minimum Gasteiger partial charge on any atom is -0.493 e. The maximum absolute atomic E-state index is 11.9. The molecule has 6 nitrogen and oxygen atoms in total. The number of hydrogen-bond donors (Lipinski definition) is 1. The molecule has 1 atom stereocenters. The number of hydrogen-bond acceptors (Lipinski definition) is 5. The lowest BCUT2D eigenvalue weighted by molar-refractivity contribution is 0.0955. The highest BCUT2D eigenvalue weighted by molar-refractivity contribution is 5.94. The molecule has 1 N–H and O–H groups in total. The lowest BCUT2D eigenvalue weighted by Gasteiger charge is -2.11. The van der Waals surface area contributed by atoms with E-state index in [0.29, 0.717) is 24.7 Å². The van der Waals surface area contributed by atoms with Gasteiger partial charge in [-0.1, -0.05) is 26.0 Å². The van der Waals surface area contributed by atoms with E-state index in [9.17, 15) is 4.79 Å². The van der Waals surface area contributed by atoms with Crippen LogP contribution in [-0.2, 0) is 0 Å². The Bertz CT molecular complexity index is 987. The molecule has 166 valence electrons. The van der Waals surface area contributed by atoms with Gasteiger partial charge in [0.1, 0.15) is 11.5 Å². The zero-order valence-corrected chi connectivity index (χ0v) is 18.5. The topological polar surface area (TPSA) is 72.8 Å². The van der Waals surface area contributed by atoms with Gasteiger partial charge in [-0.15, -0.1) is 0 Å². The molecule has 0 saturated carbocycles. The van der Waals surface area contributed by atoms with Crippen molar-refractivity contribution in [1.82, 2.24) is 10.4 Å². The van der Waals surface area contributed by atoms with Gasteiger partial charge in [-0.3, -0.25) is 9.78 Å². The Labute approximate surface area is 189 Å². The van der Waals surface area contributed by atoms with Crippen molar-refractivity contribution in [3.05, 3.63) is 89.7 Å². The number of nitrogens with zero attached hydrogens (tertiary/aromatic N) is 2. The lowest BCUT2D eigenvalue weighted by Crippen LogP contribution is -2.17. The fourth-order valence-electron chi connectivity index (χ4n) is 2.95. The molecule has 1 aromatic heterocycles. The molecule has 1 heterocycles. The molecular formula is C26H29N3O3. The maximum atomic E-state index is 11.9. The number of nitrogens with one attached hydrogen (secondary N) is 1. The fourth-order valence-corrected chi connectivity index (χ4v) is 2.95. The molecular weight excluding hydrogens is 402 g/mol. The number of carbonyl (C=O) groups excluding carboxylic acids is 1. The number of carbonyl (C=O) groups is 1. The summed E-state index contributed by atoms with van der Waals surface area (Å²) in [6, 6.07) is 19.1. The fraction of sp³-hybridized carbons (Fsp3) is 0.269. The van der Waals surface area contributed by atoms with Crippen LogP contribution >= 0.6 is 0 Å². The minimum absolute atomic E-state index is 0.280. The van der Waals surface area contributed by atoms with Gasteiger partial charge in [-0.25, -0.2) is 5.43 Å². The molecule has 0 bridgehead atoms. The molecule has 0 aliphatic rings. The highest BCUT2D eigenvalue weighted by atomic mass is 16.5. The highest BCUT2D eigenvalue weighted by Gasteiger charge is 2.03. The van der Waals surface area contributed by atoms with Gasteiger partial charge in [-0.05, 0) is 72.0 Å². The average Bonchev–Trinajstić information content (AvgIpc) is 2.85. The van der Waals surface area contributed by atoms with E-state index < -0.39 is 0 Å². The van der Waals surface area contributed by atoms with Crippen LogP contribution < -0.4 is 14.9 Å². The van der Waals surface area contributed by atoms with Crippen molar-refractivity contribution in [3.63, 3.8) is 0 Å². The van der Waals surface area contributed by atoms with Crippen LogP contribution in [-0.4, -0.2) is 30.3 Å². The van der Waals surface area contributed by atoms with E-state index in [1.54, 1.807) is 30.7 Å². The Hall–Kier alpha value is -3.67. The van der Waals surface area contributed by atoms with Crippen LogP contribution in [0, 0.1) is 0 Å². The van der Waals surface area contributed by atoms with Crippen LogP contribution in [0.5, 0.6) is 11.5 Å². The normalized spacial score (nSPS) is 11.8. The molecule has 0 aliphatic carbocycles. The average molecular weight is 432 g/mol. The number of benzene rings is 2. The molecule has 0 aliphatic heterocycles. The van der Waals surface area contributed by atoms with Crippen molar-refractivity contribution in [1.29, 1.82) is 0 Å². The van der Waals surface area contributed by atoms with Crippen molar-refractivity contribution in [2.45, 2.75) is 32.6 Å². The Morgan fingerprint density at radius 1 is 0.969 bits per heavy atom. The first-order valence-electron chi connectivity index (χ1n) is 10.8. The summed E-state index contributed by atoms with van der Waals surface area (Å²) in [6.07, 6.45) is 6.64. The monoisotopic (exact) mass is 431 g/mol. The van der Waals surface area contributed by atoms with Gasteiger partial charge in [0.15, 0.2) is 0 Å². The van der Waals surface area contributed by atoms with Crippen molar-refractivity contribution in [2.75, 3.05) is 13.2 Å². The second-order valence-corrected chi connectivity index (χ2v) is 7.43. The van der Waals surface area contributed by atoms with E-state index in [0.717, 1.165) is 29.9 Å².